The van der Waals surface area contributed by atoms with Crippen molar-refractivity contribution in [3.63, 3.8) is 0 Å². The Morgan fingerprint density at radius 2 is 1.96 bits per heavy atom. The second kappa shape index (κ2) is 7.29. The molecule has 1 aliphatic carbocycles. The van der Waals surface area contributed by atoms with Crippen molar-refractivity contribution in [1.29, 1.82) is 0 Å². The Morgan fingerprint density at radius 1 is 1.18 bits per heavy atom. The van der Waals surface area contributed by atoms with E-state index in [1.807, 2.05) is 26.8 Å². The molecular formula is C21H29N5O2. The lowest BCUT2D eigenvalue weighted by Gasteiger charge is -2.49. The Kier molecular flexibility index (Phi) is 4.97. The molecule has 1 unspecified atom stereocenters. The number of rotatable bonds is 4. The molecule has 4 rings (SSSR count). The second-order valence-electron chi connectivity index (χ2n) is 8.68. The third-order valence-electron chi connectivity index (χ3n) is 5.89. The van der Waals surface area contributed by atoms with E-state index in [9.17, 15) is 10.2 Å². The molecule has 2 fully saturated rings. The van der Waals surface area contributed by atoms with E-state index in [0.717, 1.165) is 55.7 Å². The summed E-state index contributed by atoms with van der Waals surface area (Å²) in [6.07, 6.45) is 5.68. The molecule has 3 N–H and O–H groups in total. The monoisotopic (exact) mass is 383 g/mol. The van der Waals surface area contributed by atoms with Crippen LogP contribution in [0.15, 0.2) is 18.3 Å². The number of aliphatic hydroxyl groups is 1. The first-order chi connectivity index (χ1) is 13.3. The molecule has 7 nitrogen and oxygen atoms in total. The number of aryl methyl sites for hydroxylation is 2. The summed E-state index contributed by atoms with van der Waals surface area (Å²) in [5.41, 5.74) is 2.40. The Hall–Kier alpha value is -2.25. The molecular weight excluding hydrogens is 354 g/mol. The smallest absolute Gasteiger partial charge is 0.149 e. The number of pyridine rings is 1. The van der Waals surface area contributed by atoms with Crippen LogP contribution in [0, 0.1) is 13.8 Å². The summed E-state index contributed by atoms with van der Waals surface area (Å²) >= 11 is 0. The molecule has 0 spiro atoms. The molecule has 28 heavy (non-hydrogen) atoms. The quantitative estimate of drug-likeness (QED) is 0.747. The zero-order chi connectivity index (χ0) is 19.9. The maximum Gasteiger partial charge on any atom is 0.149 e. The summed E-state index contributed by atoms with van der Waals surface area (Å²) in [6.45, 7) is 7.83. The van der Waals surface area contributed by atoms with Crippen molar-refractivity contribution in [1.82, 2.24) is 20.1 Å². The van der Waals surface area contributed by atoms with E-state index in [1.54, 1.807) is 12.3 Å². The minimum absolute atomic E-state index is 0.123. The van der Waals surface area contributed by atoms with Crippen molar-refractivity contribution in [2.45, 2.75) is 64.1 Å². The van der Waals surface area contributed by atoms with Gasteiger partial charge in [0.2, 0.25) is 0 Å². The molecule has 1 atom stereocenters. The third kappa shape index (κ3) is 3.95. The van der Waals surface area contributed by atoms with E-state index in [2.05, 4.69) is 25.4 Å². The minimum atomic E-state index is -0.487. The summed E-state index contributed by atoms with van der Waals surface area (Å²) in [4.78, 5) is 6.80. The van der Waals surface area contributed by atoms with Gasteiger partial charge in [-0.2, -0.15) is 0 Å². The SMILES string of the molecule is Cc1cnc(-c2nnc(NC3CCCN(C4CC(C)(O)C4)C3)cc2C)c(O)c1. The highest BCUT2D eigenvalue weighted by Crippen LogP contribution is 2.36. The molecule has 2 aromatic heterocycles. The molecule has 150 valence electrons. The van der Waals surface area contributed by atoms with E-state index < -0.39 is 5.60 Å². The number of likely N-dealkylation sites (tertiary alicyclic amines) is 1. The van der Waals surface area contributed by atoms with E-state index in [-0.39, 0.29) is 5.75 Å². The van der Waals surface area contributed by atoms with Gasteiger partial charge in [0.1, 0.15) is 23.0 Å². The van der Waals surface area contributed by atoms with Gasteiger partial charge in [-0.1, -0.05) is 0 Å². The summed E-state index contributed by atoms with van der Waals surface area (Å²) in [5, 5.41) is 32.4. The van der Waals surface area contributed by atoms with Gasteiger partial charge < -0.3 is 15.5 Å². The van der Waals surface area contributed by atoms with Crippen molar-refractivity contribution in [3.05, 3.63) is 29.5 Å². The van der Waals surface area contributed by atoms with Gasteiger partial charge in [-0.05, 0) is 76.3 Å². The largest absolute Gasteiger partial charge is 0.506 e. The summed E-state index contributed by atoms with van der Waals surface area (Å²) in [6, 6.07) is 4.47. The van der Waals surface area contributed by atoms with E-state index >= 15 is 0 Å². The van der Waals surface area contributed by atoms with Crippen LogP contribution in [0.4, 0.5) is 5.82 Å². The van der Waals surface area contributed by atoms with Gasteiger partial charge >= 0.3 is 0 Å². The number of hydrogen-bond donors (Lipinski definition) is 3. The van der Waals surface area contributed by atoms with Gasteiger partial charge in [0.25, 0.3) is 0 Å². The third-order valence-corrected chi connectivity index (χ3v) is 5.89. The van der Waals surface area contributed by atoms with Crippen LogP contribution in [0.3, 0.4) is 0 Å². The molecule has 1 aliphatic heterocycles. The van der Waals surface area contributed by atoms with Gasteiger partial charge in [-0.25, -0.2) is 0 Å². The average molecular weight is 383 g/mol. The molecule has 1 saturated carbocycles. The van der Waals surface area contributed by atoms with Crippen LogP contribution >= 0.6 is 0 Å². The van der Waals surface area contributed by atoms with Gasteiger partial charge in [0.05, 0.1) is 5.60 Å². The number of nitrogens with one attached hydrogen (secondary N) is 1. The van der Waals surface area contributed by atoms with Crippen LogP contribution in [0.5, 0.6) is 5.75 Å². The fraction of sp³-hybridized carbons (Fsp3) is 0.571. The Morgan fingerprint density at radius 3 is 2.64 bits per heavy atom. The Bertz CT molecular complexity index is 862. The first kappa shape index (κ1) is 19.1. The molecule has 3 heterocycles. The molecule has 1 saturated heterocycles. The number of piperidine rings is 1. The average Bonchev–Trinajstić information content (AvgIpc) is 2.61. The van der Waals surface area contributed by atoms with Crippen LogP contribution in [-0.2, 0) is 0 Å². The molecule has 0 amide bonds. The van der Waals surface area contributed by atoms with Crippen LogP contribution in [0.1, 0.15) is 43.7 Å². The molecule has 2 aliphatic rings. The predicted molar refractivity (Wildman–Crippen MR) is 108 cm³/mol. The number of nitrogens with zero attached hydrogens (tertiary/aromatic N) is 4. The Balaban J connectivity index is 1.43. The molecule has 0 bridgehead atoms. The number of aromatic hydroxyl groups is 1. The van der Waals surface area contributed by atoms with Crippen LogP contribution in [-0.4, -0.2) is 61.1 Å². The lowest BCUT2D eigenvalue weighted by Crippen LogP contribution is -2.57. The first-order valence-electron chi connectivity index (χ1n) is 10.0. The topological polar surface area (TPSA) is 94.4 Å². The van der Waals surface area contributed by atoms with Crippen molar-refractivity contribution in [3.8, 4) is 17.1 Å². The maximum absolute atomic E-state index is 10.2. The summed E-state index contributed by atoms with van der Waals surface area (Å²) < 4.78 is 0. The second-order valence-corrected chi connectivity index (χ2v) is 8.68. The highest BCUT2D eigenvalue weighted by atomic mass is 16.3. The first-order valence-corrected chi connectivity index (χ1v) is 10.0. The lowest BCUT2D eigenvalue weighted by molar-refractivity contribution is -0.0823. The van der Waals surface area contributed by atoms with E-state index in [1.165, 1.54) is 0 Å². The van der Waals surface area contributed by atoms with Crippen molar-refractivity contribution < 1.29 is 10.2 Å². The normalized spacial score (nSPS) is 28.0. The number of aromatic nitrogens is 3. The highest BCUT2D eigenvalue weighted by Gasteiger charge is 2.42. The Labute approximate surface area is 165 Å². The number of hydrogen-bond acceptors (Lipinski definition) is 7. The van der Waals surface area contributed by atoms with Crippen LogP contribution in [0.25, 0.3) is 11.4 Å². The van der Waals surface area contributed by atoms with Crippen molar-refractivity contribution in [2.75, 3.05) is 18.4 Å². The standard InChI is InChI=1S/C21H29N5O2/c1-13-7-17(27)20(22-11-13)19-14(2)8-18(24-25-19)23-15-5-4-6-26(12-15)16-9-21(3,28)10-16/h7-8,11,15-16,27-28H,4-6,9-10,12H2,1-3H3,(H,23,24). The van der Waals surface area contributed by atoms with Crippen LogP contribution < -0.4 is 5.32 Å². The van der Waals surface area contributed by atoms with Crippen LogP contribution in [0.2, 0.25) is 0 Å². The molecule has 2 aromatic rings. The predicted octanol–water partition coefficient (Wildman–Crippen LogP) is 2.65. The fourth-order valence-corrected chi connectivity index (χ4v) is 4.40. The maximum atomic E-state index is 10.2. The van der Waals surface area contributed by atoms with E-state index in [4.69, 9.17) is 0 Å². The molecule has 7 heteroatoms. The van der Waals surface area contributed by atoms with E-state index in [0.29, 0.717) is 23.5 Å². The zero-order valence-corrected chi connectivity index (χ0v) is 16.8. The minimum Gasteiger partial charge on any atom is -0.506 e. The van der Waals surface area contributed by atoms with Gasteiger partial charge in [-0.3, -0.25) is 9.88 Å². The van der Waals surface area contributed by atoms with Crippen molar-refractivity contribution >= 4 is 5.82 Å². The lowest BCUT2D eigenvalue weighted by atomic mass is 9.76. The fourth-order valence-electron chi connectivity index (χ4n) is 4.40. The molecule has 0 radical (unpaired) electrons. The van der Waals surface area contributed by atoms with Gasteiger partial charge in [0, 0.05) is 24.8 Å². The molecule has 0 aromatic carbocycles. The summed E-state index contributed by atoms with van der Waals surface area (Å²) in [7, 11) is 0. The van der Waals surface area contributed by atoms with Gasteiger partial charge in [-0.15, -0.1) is 10.2 Å². The number of anilines is 1. The van der Waals surface area contributed by atoms with Crippen molar-refractivity contribution in [2.24, 2.45) is 0 Å². The summed E-state index contributed by atoms with van der Waals surface area (Å²) in [5.74, 6) is 0.873. The van der Waals surface area contributed by atoms with Gasteiger partial charge in [0.15, 0.2) is 0 Å². The highest BCUT2D eigenvalue weighted by molar-refractivity contribution is 5.66. The zero-order valence-electron chi connectivity index (χ0n) is 16.8.